The molecular formula is C15H25N3O. The maximum Gasteiger partial charge on any atom is 0.129 e. The van der Waals surface area contributed by atoms with Crippen LogP contribution < -0.4 is 10.6 Å². The van der Waals surface area contributed by atoms with Gasteiger partial charge < -0.3 is 15.4 Å². The molecule has 1 unspecified atom stereocenters. The van der Waals surface area contributed by atoms with Gasteiger partial charge in [-0.05, 0) is 24.1 Å². The lowest BCUT2D eigenvalue weighted by atomic mass is 9.90. The van der Waals surface area contributed by atoms with Crippen molar-refractivity contribution in [2.45, 2.75) is 45.3 Å². The summed E-state index contributed by atoms with van der Waals surface area (Å²) in [6.45, 7) is 9.02. The highest BCUT2D eigenvalue weighted by Gasteiger charge is 2.25. The summed E-state index contributed by atoms with van der Waals surface area (Å²) in [7, 11) is 1.78. The first-order chi connectivity index (χ1) is 8.94. The molecule has 1 saturated heterocycles. The van der Waals surface area contributed by atoms with Gasteiger partial charge in [0.2, 0.25) is 0 Å². The number of pyridine rings is 1. The minimum Gasteiger partial charge on any atom is -0.380 e. The molecule has 2 heterocycles. The molecule has 4 nitrogen and oxygen atoms in total. The van der Waals surface area contributed by atoms with Crippen molar-refractivity contribution in [2.24, 2.45) is 5.73 Å². The number of hydrogen-bond donors (Lipinski definition) is 1. The van der Waals surface area contributed by atoms with Crippen LogP contribution in [0.5, 0.6) is 0 Å². The Morgan fingerprint density at radius 1 is 1.42 bits per heavy atom. The molecular weight excluding hydrogens is 238 g/mol. The van der Waals surface area contributed by atoms with E-state index in [4.69, 9.17) is 15.5 Å². The third kappa shape index (κ3) is 3.25. The van der Waals surface area contributed by atoms with Crippen LogP contribution in [-0.2, 0) is 16.7 Å². The predicted molar refractivity (Wildman–Crippen MR) is 78.5 cm³/mol. The highest BCUT2D eigenvalue weighted by Crippen LogP contribution is 2.27. The second-order valence-electron chi connectivity index (χ2n) is 6.27. The van der Waals surface area contributed by atoms with Crippen LogP contribution in [0.1, 0.15) is 38.4 Å². The van der Waals surface area contributed by atoms with Gasteiger partial charge in [0.25, 0.3) is 0 Å². The first-order valence-electron chi connectivity index (χ1n) is 6.93. The Morgan fingerprint density at radius 2 is 2.16 bits per heavy atom. The lowest BCUT2D eigenvalue weighted by Gasteiger charge is -2.23. The summed E-state index contributed by atoms with van der Waals surface area (Å²) in [5.41, 5.74) is 8.11. The van der Waals surface area contributed by atoms with E-state index >= 15 is 0 Å². The van der Waals surface area contributed by atoms with Crippen LogP contribution in [0, 0.1) is 0 Å². The number of rotatable bonds is 3. The van der Waals surface area contributed by atoms with E-state index in [0.29, 0.717) is 12.6 Å². The van der Waals surface area contributed by atoms with Crippen molar-refractivity contribution in [1.29, 1.82) is 0 Å². The summed E-state index contributed by atoms with van der Waals surface area (Å²) in [4.78, 5) is 7.11. The van der Waals surface area contributed by atoms with Crippen LogP contribution >= 0.6 is 0 Å². The van der Waals surface area contributed by atoms with Gasteiger partial charge in [0.1, 0.15) is 5.82 Å². The van der Waals surface area contributed by atoms with Gasteiger partial charge in [0, 0.05) is 37.9 Å². The minimum absolute atomic E-state index is 0.0420. The van der Waals surface area contributed by atoms with Crippen molar-refractivity contribution in [3.8, 4) is 0 Å². The van der Waals surface area contributed by atoms with E-state index < -0.39 is 0 Å². The average molecular weight is 263 g/mol. The molecule has 1 fully saturated rings. The number of methoxy groups -OCH3 is 1. The second-order valence-corrected chi connectivity index (χ2v) is 6.27. The van der Waals surface area contributed by atoms with Crippen molar-refractivity contribution in [3.63, 3.8) is 0 Å². The van der Waals surface area contributed by atoms with E-state index in [-0.39, 0.29) is 5.41 Å². The molecule has 1 aromatic rings. The number of ether oxygens (including phenoxy) is 1. The Hall–Kier alpha value is -1.13. The van der Waals surface area contributed by atoms with E-state index in [9.17, 15) is 0 Å². The van der Waals surface area contributed by atoms with E-state index in [1.807, 2.05) is 0 Å². The highest BCUT2D eigenvalue weighted by atomic mass is 16.5. The third-order valence-electron chi connectivity index (χ3n) is 3.68. The molecule has 0 saturated carbocycles. The maximum atomic E-state index is 5.81. The van der Waals surface area contributed by atoms with Crippen molar-refractivity contribution < 1.29 is 4.74 Å². The van der Waals surface area contributed by atoms with Gasteiger partial charge in [-0.15, -0.1) is 0 Å². The van der Waals surface area contributed by atoms with Crippen molar-refractivity contribution >= 4 is 5.82 Å². The Bertz CT molecular complexity index is 440. The molecule has 0 spiro atoms. The monoisotopic (exact) mass is 263 g/mol. The first-order valence-corrected chi connectivity index (χ1v) is 6.93. The molecule has 106 valence electrons. The van der Waals surface area contributed by atoms with Crippen molar-refractivity contribution in [2.75, 3.05) is 25.1 Å². The fourth-order valence-electron chi connectivity index (χ4n) is 2.36. The lowest BCUT2D eigenvalue weighted by molar-refractivity contribution is 0.121. The maximum absolute atomic E-state index is 5.81. The molecule has 1 aliphatic rings. The fourth-order valence-corrected chi connectivity index (χ4v) is 2.36. The predicted octanol–water partition coefficient (Wildman–Crippen LogP) is 2.06. The highest BCUT2D eigenvalue weighted by molar-refractivity contribution is 5.45. The summed E-state index contributed by atoms with van der Waals surface area (Å²) in [5.74, 6) is 1.03. The minimum atomic E-state index is 0.0420. The van der Waals surface area contributed by atoms with Crippen LogP contribution in [0.3, 0.4) is 0 Å². The second kappa shape index (κ2) is 5.47. The molecule has 0 aromatic carbocycles. The Balaban J connectivity index is 2.30. The zero-order chi connectivity index (χ0) is 14.0. The summed E-state index contributed by atoms with van der Waals surface area (Å²) in [6.07, 6.45) is 1.39. The van der Waals surface area contributed by atoms with Crippen molar-refractivity contribution in [1.82, 2.24) is 4.98 Å². The van der Waals surface area contributed by atoms with Crippen LogP contribution in [0.25, 0.3) is 0 Å². The molecule has 19 heavy (non-hydrogen) atoms. The molecule has 0 radical (unpaired) electrons. The number of anilines is 1. The zero-order valence-corrected chi connectivity index (χ0v) is 12.4. The normalized spacial score (nSPS) is 20.1. The van der Waals surface area contributed by atoms with E-state index in [1.165, 1.54) is 0 Å². The molecule has 0 amide bonds. The number of nitrogens with zero attached hydrogens (tertiary/aromatic N) is 2. The summed E-state index contributed by atoms with van der Waals surface area (Å²) < 4.78 is 5.42. The van der Waals surface area contributed by atoms with E-state index in [1.54, 1.807) is 7.11 Å². The number of nitrogens with two attached hydrogens (primary N) is 1. The van der Waals surface area contributed by atoms with Gasteiger partial charge in [-0.25, -0.2) is 4.98 Å². The summed E-state index contributed by atoms with van der Waals surface area (Å²) in [5, 5.41) is 0. The molecule has 0 aliphatic carbocycles. The van der Waals surface area contributed by atoms with Gasteiger partial charge in [-0.3, -0.25) is 0 Å². The molecule has 1 aliphatic heterocycles. The van der Waals surface area contributed by atoms with Crippen molar-refractivity contribution in [3.05, 3.63) is 23.4 Å². The lowest BCUT2D eigenvalue weighted by Crippen LogP contribution is -2.25. The van der Waals surface area contributed by atoms with Crippen LogP contribution in [-0.4, -0.2) is 31.3 Å². The SMILES string of the molecule is COC1CCN(c2cc(CN)cc(C(C)(C)C)n2)C1. The fraction of sp³-hybridized carbons (Fsp3) is 0.667. The zero-order valence-electron chi connectivity index (χ0n) is 12.4. The van der Waals surface area contributed by atoms with Gasteiger partial charge in [0.05, 0.1) is 6.10 Å². The number of aromatic nitrogens is 1. The standard InChI is InChI=1S/C15H25N3O/c1-15(2,3)13-7-11(9-16)8-14(17-13)18-6-5-12(10-18)19-4/h7-8,12H,5-6,9-10,16H2,1-4H3. The Kier molecular flexibility index (Phi) is 4.11. The first kappa shape index (κ1) is 14.3. The summed E-state index contributed by atoms with van der Waals surface area (Å²) in [6, 6.07) is 4.22. The topological polar surface area (TPSA) is 51.4 Å². The molecule has 2 N–H and O–H groups in total. The van der Waals surface area contributed by atoms with E-state index in [0.717, 1.165) is 36.6 Å². The third-order valence-corrected chi connectivity index (χ3v) is 3.68. The van der Waals surface area contributed by atoms with Gasteiger partial charge >= 0.3 is 0 Å². The Morgan fingerprint density at radius 3 is 2.68 bits per heavy atom. The molecule has 4 heteroatoms. The molecule has 1 atom stereocenters. The Labute approximate surface area is 116 Å². The van der Waals surface area contributed by atoms with Gasteiger partial charge in [0.15, 0.2) is 0 Å². The molecule has 2 rings (SSSR count). The average Bonchev–Trinajstić information content (AvgIpc) is 2.86. The molecule has 1 aromatic heterocycles. The van der Waals surface area contributed by atoms with Crippen LogP contribution in [0.15, 0.2) is 12.1 Å². The number of hydrogen-bond acceptors (Lipinski definition) is 4. The largest absolute Gasteiger partial charge is 0.380 e. The molecule has 0 bridgehead atoms. The van der Waals surface area contributed by atoms with Gasteiger partial charge in [-0.1, -0.05) is 20.8 Å². The smallest absolute Gasteiger partial charge is 0.129 e. The van der Waals surface area contributed by atoms with Crippen LogP contribution in [0.2, 0.25) is 0 Å². The summed E-state index contributed by atoms with van der Waals surface area (Å²) >= 11 is 0. The van der Waals surface area contributed by atoms with E-state index in [2.05, 4.69) is 37.8 Å². The van der Waals surface area contributed by atoms with Crippen LogP contribution in [0.4, 0.5) is 5.82 Å². The van der Waals surface area contributed by atoms with Gasteiger partial charge in [-0.2, -0.15) is 0 Å². The quantitative estimate of drug-likeness (QED) is 0.907.